The summed E-state index contributed by atoms with van der Waals surface area (Å²) in [7, 11) is -3.05. The largest absolute Gasteiger partial charge is 0.392 e. The van der Waals surface area contributed by atoms with Gasteiger partial charge in [-0.1, -0.05) is 18.5 Å². The van der Waals surface area contributed by atoms with Crippen LogP contribution in [0.25, 0.3) is 0 Å². The number of anilines is 1. The zero-order valence-corrected chi connectivity index (χ0v) is 17.5. The Labute approximate surface area is 175 Å². The van der Waals surface area contributed by atoms with Gasteiger partial charge >= 0.3 is 6.18 Å². The summed E-state index contributed by atoms with van der Waals surface area (Å²) >= 11 is 5.42. The minimum absolute atomic E-state index is 0. The molecule has 0 bridgehead atoms. The number of hydrogen-bond donors (Lipinski definition) is 1. The maximum absolute atomic E-state index is 13.9. The topological polar surface area (TPSA) is 68.2 Å². The van der Waals surface area contributed by atoms with Gasteiger partial charge in [-0.3, -0.25) is 4.79 Å². The van der Waals surface area contributed by atoms with Crippen molar-refractivity contribution < 1.29 is 35.2 Å². The summed E-state index contributed by atoms with van der Waals surface area (Å²) in [4.78, 5) is 11.8. The average Bonchev–Trinajstić information content (AvgIpc) is 2.97. The SMILES string of the molecule is C[C@H](CS(=O)(=O)c1cc(C(=O)Nc2ccc(F)c(Cl)c2F)n(C)c1)C(F)(F)F.S. The summed E-state index contributed by atoms with van der Waals surface area (Å²) in [6, 6.07) is 2.61. The highest BCUT2D eigenvalue weighted by atomic mass is 35.5. The maximum Gasteiger partial charge on any atom is 0.392 e. The lowest BCUT2D eigenvalue weighted by Crippen LogP contribution is -2.27. The third kappa shape index (κ3) is 5.64. The van der Waals surface area contributed by atoms with Crippen LogP contribution in [0.2, 0.25) is 5.02 Å². The fourth-order valence-electron chi connectivity index (χ4n) is 2.26. The number of carbonyl (C=O) groups excluding carboxylic acids is 1. The normalized spacial score (nSPS) is 13.0. The number of amides is 1. The highest BCUT2D eigenvalue weighted by molar-refractivity contribution is 7.91. The molecule has 0 aliphatic rings. The van der Waals surface area contributed by atoms with Gasteiger partial charge in [-0.15, -0.1) is 0 Å². The average molecular weight is 479 g/mol. The van der Waals surface area contributed by atoms with E-state index in [2.05, 4.69) is 5.32 Å². The van der Waals surface area contributed by atoms with Gasteiger partial charge in [0, 0.05) is 13.2 Å². The van der Waals surface area contributed by atoms with E-state index in [-0.39, 0.29) is 19.2 Å². The van der Waals surface area contributed by atoms with Crippen molar-refractivity contribution >= 4 is 46.5 Å². The number of alkyl halides is 3. The molecule has 0 radical (unpaired) electrons. The van der Waals surface area contributed by atoms with Crippen molar-refractivity contribution in [1.82, 2.24) is 4.57 Å². The van der Waals surface area contributed by atoms with Crippen LogP contribution in [0.4, 0.5) is 27.6 Å². The van der Waals surface area contributed by atoms with Crippen LogP contribution in [0, 0.1) is 17.6 Å². The van der Waals surface area contributed by atoms with Crippen molar-refractivity contribution in [2.24, 2.45) is 13.0 Å². The van der Waals surface area contributed by atoms with E-state index in [9.17, 15) is 35.2 Å². The Morgan fingerprint density at radius 3 is 2.41 bits per heavy atom. The second-order valence-corrected chi connectivity index (χ2v) is 8.49. The molecule has 0 aliphatic heterocycles. The van der Waals surface area contributed by atoms with E-state index in [0.29, 0.717) is 0 Å². The summed E-state index contributed by atoms with van der Waals surface area (Å²) in [6.07, 6.45) is -3.72. The molecule has 162 valence electrons. The highest BCUT2D eigenvalue weighted by Gasteiger charge is 2.39. The number of nitrogens with zero attached hydrogens (tertiary/aromatic N) is 1. The summed E-state index contributed by atoms with van der Waals surface area (Å²) in [6.45, 7) is 0.731. The molecular formula is C16H16ClF5N2O3S2. The number of rotatable bonds is 5. The molecule has 2 rings (SSSR count). The standard InChI is InChI=1S/C16H14ClF5N2O3S.H2S/c1-8(16(20,21)22)7-28(26,27)9-5-12(24(2)6-9)15(25)23-11-4-3-10(18)13(17)14(11)19;/h3-6,8H,7H2,1-2H3,(H,23,25);1H2/t8-;/m1./s1. The van der Waals surface area contributed by atoms with Crippen LogP contribution in [-0.2, 0) is 16.9 Å². The number of sulfone groups is 1. The Morgan fingerprint density at radius 1 is 1.28 bits per heavy atom. The van der Waals surface area contributed by atoms with Gasteiger partial charge < -0.3 is 9.88 Å². The van der Waals surface area contributed by atoms with Crippen LogP contribution in [0.5, 0.6) is 0 Å². The van der Waals surface area contributed by atoms with Crippen LogP contribution >= 0.6 is 25.1 Å². The van der Waals surface area contributed by atoms with E-state index in [4.69, 9.17) is 11.6 Å². The number of halogens is 6. The summed E-state index contributed by atoms with van der Waals surface area (Å²) < 4.78 is 90.5. The van der Waals surface area contributed by atoms with E-state index in [1.165, 1.54) is 7.05 Å². The quantitative estimate of drug-likeness (QED) is 0.515. The Balaban J connectivity index is 0.00000420. The summed E-state index contributed by atoms with van der Waals surface area (Å²) in [5, 5.41) is 1.27. The van der Waals surface area contributed by atoms with Gasteiger partial charge in [0.15, 0.2) is 15.7 Å². The minimum Gasteiger partial charge on any atom is -0.345 e. The fourth-order valence-corrected chi connectivity index (χ4v) is 4.07. The lowest BCUT2D eigenvalue weighted by atomic mass is 10.2. The predicted octanol–water partition coefficient (Wildman–Crippen LogP) is 4.29. The molecule has 0 unspecified atom stereocenters. The lowest BCUT2D eigenvalue weighted by Gasteiger charge is -2.14. The third-order valence-corrected chi connectivity index (χ3v) is 6.11. The second kappa shape index (κ2) is 8.92. The Hall–Kier alpha value is -1.79. The van der Waals surface area contributed by atoms with E-state index in [1.807, 2.05) is 0 Å². The molecule has 0 aliphatic carbocycles. The summed E-state index contributed by atoms with van der Waals surface area (Å²) in [5.41, 5.74) is -0.717. The molecule has 1 amide bonds. The van der Waals surface area contributed by atoms with Gasteiger partial charge in [-0.25, -0.2) is 17.2 Å². The Morgan fingerprint density at radius 2 is 1.86 bits per heavy atom. The molecule has 1 aromatic heterocycles. The van der Waals surface area contributed by atoms with Crippen molar-refractivity contribution in [2.75, 3.05) is 11.1 Å². The first kappa shape index (κ1) is 25.2. The highest BCUT2D eigenvalue weighted by Crippen LogP contribution is 2.29. The molecule has 2 aromatic rings. The number of nitrogens with one attached hydrogen (secondary N) is 1. The molecule has 1 N–H and O–H groups in total. The molecule has 0 saturated carbocycles. The van der Waals surface area contributed by atoms with Crippen LogP contribution in [0.3, 0.4) is 0 Å². The molecule has 13 heteroatoms. The minimum atomic E-state index is -4.69. The molecule has 5 nitrogen and oxygen atoms in total. The van der Waals surface area contributed by atoms with Gasteiger partial charge in [0.2, 0.25) is 0 Å². The molecular weight excluding hydrogens is 463 g/mol. The third-order valence-electron chi connectivity index (χ3n) is 3.88. The van der Waals surface area contributed by atoms with Gasteiger partial charge in [0.25, 0.3) is 5.91 Å². The van der Waals surface area contributed by atoms with Crippen molar-refractivity contribution in [3.8, 4) is 0 Å². The number of hydrogen-bond acceptors (Lipinski definition) is 3. The molecule has 1 aromatic carbocycles. The first-order chi connectivity index (χ1) is 12.7. The van der Waals surface area contributed by atoms with Gasteiger partial charge in [-0.05, 0) is 18.2 Å². The van der Waals surface area contributed by atoms with Gasteiger partial charge in [-0.2, -0.15) is 26.7 Å². The van der Waals surface area contributed by atoms with Crippen molar-refractivity contribution in [1.29, 1.82) is 0 Å². The van der Waals surface area contributed by atoms with Crippen LogP contribution in [0.15, 0.2) is 29.3 Å². The summed E-state index contributed by atoms with van der Waals surface area (Å²) in [5.74, 6) is -6.52. The van der Waals surface area contributed by atoms with Crippen LogP contribution in [-0.4, -0.2) is 30.8 Å². The number of aromatic nitrogens is 1. The van der Waals surface area contributed by atoms with Crippen molar-refractivity contribution in [3.05, 3.63) is 46.7 Å². The van der Waals surface area contributed by atoms with E-state index >= 15 is 0 Å². The monoisotopic (exact) mass is 478 g/mol. The molecule has 1 atom stereocenters. The number of carbonyl (C=O) groups is 1. The van der Waals surface area contributed by atoms with Crippen molar-refractivity contribution in [2.45, 2.75) is 18.0 Å². The van der Waals surface area contributed by atoms with Gasteiger partial charge in [0.05, 0.1) is 22.3 Å². The fraction of sp³-hybridized carbons (Fsp3) is 0.312. The lowest BCUT2D eigenvalue weighted by molar-refractivity contribution is -0.163. The van der Waals surface area contributed by atoms with Gasteiger partial charge in [0.1, 0.15) is 16.5 Å². The molecule has 0 spiro atoms. The van der Waals surface area contributed by atoms with E-state index in [1.54, 1.807) is 0 Å². The van der Waals surface area contributed by atoms with Crippen molar-refractivity contribution in [3.63, 3.8) is 0 Å². The predicted molar refractivity (Wildman–Crippen MR) is 102 cm³/mol. The smallest absolute Gasteiger partial charge is 0.345 e. The molecule has 0 fully saturated rings. The van der Waals surface area contributed by atoms with E-state index < -0.39 is 60.8 Å². The first-order valence-electron chi connectivity index (χ1n) is 7.64. The zero-order valence-electron chi connectivity index (χ0n) is 14.9. The molecule has 29 heavy (non-hydrogen) atoms. The number of aryl methyl sites for hydroxylation is 1. The molecule has 0 saturated heterocycles. The molecule has 1 heterocycles. The Kier molecular flexibility index (Phi) is 7.77. The number of benzene rings is 1. The first-order valence-corrected chi connectivity index (χ1v) is 9.67. The van der Waals surface area contributed by atoms with E-state index in [0.717, 1.165) is 35.9 Å². The Bertz CT molecular complexity index is 1020. The second-order valence-electron chi connectivity index (χ2n) is 6.07. The van der Waals surface area contributed by atoms with Crippen LogP contribution in [0.1, 0.15) is 17.4 Å². The zero-order chi connectivity index (χ0) is 21.4. The van der Waals surface area contributed by atoms with Crippen LogP contribution < -0.4 is 5.32 Å². The maximum atomic E-state index is 13.9.